The topological polar surface area (TPSA) is 3.24 Å². The number of unbranched alkanes of at least 4 members (excludes halogenated alkanes) is 7. The van der Waals surface area contributed by atoms with Gasteiger partial charge in [-0.25, -0.2) is 0 Å². The van der Waals surface area contributed by atoms with Crippen LogP contribution in [0.5, 0.6) is 0 Å². The Balaban J connectivity index is 0.00000256. The fourth-order valence-electron chi connectivity index (χ4n) is 2.70. The molecule has 1 nitrogen and oxygen atoms in total. The van der Waals surface area contributed by atoms with Gasteiger partial charge in [0.2, 0.25) is 0 Å². The maximum absolute atomic E-state index is 2.65. The zero-order chi connectivity index (χ0) is 11.6. The van der Waals surface area contributed by atoms with Crippen molar-refractivity contribution in [3.8, 4) is 0 Å². The molecule has 0 radical (unpaired) electrons. The quantitative estimate of drug-likeness (QED) is 0.412. The fourth-order valence-corrected chi connectivity index (χ4v) is 2.70. The number of hydrogen-bond acceptors (Lipinski definition) is 1. The average Bonchev–Trinajstić information content (AvgIpc) is 2.68. The van der Waals surface area contributed by atoms with E-state index in [0.717, 1.165) is 5.92 Å². The van der Waals surface area contributed by atoms with Crippen LogP contribution in [-0.4, -0.2) is 24.5 Å². The van der Waals surface area contributed by atoms with E-state index in [1.165, 1.54) is 77.4 Å². The molecule has 0 saturated carbocycles. The second kappa shape index (κ2) is 11.8. The highest BCUT2D eigenvalue weighted by Crippen LogP contribution is 2.16. The first-order chi connectivity index (χ1) is 7.83. The van der Waals surface area contributed by atoms with Crippen molar-refractivity contribution in [3.63, 3.8) is 0 Å². The van der Waals surface area contributed by atoms with Crippen molar-refractivity contribution in [1.29, 1.82) is 0 Å². The molecular weight excluding hydrogens is 321 g/mol. The van der Waals surface area contributed by atoms with Crippen LogP contribution in [-0.2, 0) is 0 Å². The Hall–Kier alpha value is 0.690. The predicted molar refractivity (Wildman–Crippen MR) is 88.2 cm³/mol. The summed E-state index contributed by atoms with van der Waals surface area (Å²) in [6, 6.07) is 0. The summed E-state index contributed by atoms with van der Waals surface area (Å²) in [5, 5.41) is 0. The van der Waals surface area contributed by atoms with Crippen molar-refractivity contribution in [2.24, 2.45) is 5.92 Å². The molecule has 0 aromatic rings. The Kier molecular flexibility index (Phi) is 12.2. The van der Waals surface area contributed by atoms with Crippen LogP contribution in [0.25, 0.3) is 0 Å². The first-order valence-corrected chi connectivity index (χ1v) is 7.55. The minimum absolute atomic E-state index is 0. The third-order valence-corrected chi connectivity index (χ3v) is 3.84. The number of halogens is 1. The molecule has 0 N–H and O–H groups in total. The van der Waals surface area contributed by atoms with Crippen molar-refractivity contribution in [2.45, 2.75) is 71.6 Å². The molecule has 1 fully saturated rings. The minimum Gasteiger partial charge on any atom is -0.303 e. The van der Waals surface area contributed by atoms with Crippen LogP contribution in [0.1, 0.15) is 71.6 Å². The lowest BCUT2D eigenvalue weighted by atomic mass is 10.1. The summed E-state index contributed by atoms with van der Waals surface area (Å²) in [7, 11) is 0. The van der Waals surface area contributed by atoms with Gasteiger partial charge in [-0.05, 0) is 31.8 Å². The molecule has 1 atom stereocenters. The summed E-state index contributed by atoms with van der Waals surface area (Å²) in [5.74, 6) is 0.953. The Labute approximate surface area is 126 Å². The van der Waals surface area contributed by atoms with E-state index in [-0.39, 0.29) is 24.0 Å². The normalized spacial score (nSPS) is 20.5. The molecule has 0 aromatic carbocycles. The highest BCUT2D eigenvalue weighted by Gasteiger charge is 2.17. The number of nitrogens with zero attached hydrogens (tertiary/aromatic N) is 1. The average molecular weight is 353 g/mol. The molecule has 0 amide bonds. The molecule has 1 saturated heterocycles. The predicted octanol–water partition coefficient (Wildman–Crippen LogP) is 5.09. The molecule has 1 rings (SSSR count). The molecular formula is C15H32IN. The van der Waals surface area contributed by atoms with Crippen LogP contribution in [0.15, 0.2) is 0 Å². The molecule has 1 aliphatic heterocycles. The highest BCUT2D eigenvalue weighted by molar-refractivity contribution is 14.0. The summed E-state index contributed by atoms with van der Waals surface area (Å²) < 4.78 is 0. The first-order valence-electron chi connectivity index (χ1n) is 7.55. The van der Waals surface area contributed by atoms with Gasteiger partial charge in [0, 0.05) is 6.54 Å². The van der Waals surface area contributed by atoms with E-state index in [2.05, 4.69) is 18.7 Å². The van der Waals surface area contributed by atoms with Crippen LogP contribution >= 0.6 is 24.0 Å². The van der Waals surface area contributed by atoms with E-state index in [0.29, 0.717) is 0 Å². The van der Waals surface area contributed by atoms with E-state index in [1.807, 2.05) is 0 Å². The Bertz CT molecular complexity index is 161. The number of rotatable bonds is 9. The van der Waals surface area contributed by atoms with Gasteiger partial charge in [0.05, 0.1) is 0 Å². The lowest BCUT2D eigenvalue weighted by Gasteiger charge is -2.14. The third kappa shape index (κ3) is 9.29. The van der Waals surface area contributed by atoms with Crippen molar-refractivity contribution < 1.29 is 0 Å². The first kappa shape index (κ1) is 17.7. The highest BCUT2D eigenvalue weighted by atomic mass is 127. The maximum atomic E-state index is 2.65. The van der Waals surface area contributed by atoms with Gasteiger partial charge >= 0.3 is 0 Å². The van der Waals surface area contributed by atoms with Gasteiger partial charge in [-0.1, -0.05) is 58.8 Å². The summed E-state index contributed by atoms with van der Waals surface area (Å²) in [6.07, 6.45) is 13.0. The zero-order valence-corrected chi connectivity index (χ0v) is 14.2. The molecule has 1 heterocycles. The lowest BCUT2D eigenvalue weighted by Crippen LogP contribution is -2.21. The smallest absolute Gasteiger partial charge is 0.000750 e. The molecule has 17 heavy (non-hydrogen) atoms. The van der Waals surface area contributed by atoms with Crippen molar-refractivity contribution in [2.75, 3.05) is 19.6 Å². The van der Waals surface area contributed by atoms with Gasteiger partial charge < -0.3 is 4.90 Å². The monoisotopic (exact) mass is 353 g/mol. The van der Waals surface area contributed by atoms with Gasteiger partial charge in [0.25, 0.3) is 0 Å². The van der Waals surface area contributed by atoms with E-state index < -0.39 is 0 Å². The van der Waals surface area contributed by atoms with Crippen LogP contribution in [0.4, 0.5) is 0 Å². The van der Waals surface area contributed by atoms with E-state index >= 15 is 0 Å². The molecule has 1 unspecified atom stereocenters. The molecule has 104 valence electrons. The Morgan fingerprint density at radius 3 is 2.06 bits per heavy atom. The van der Waals surface area contributed by atoms with Crippen molar-refractivity contribution in [1.82, 2.24) is 4.90 Å². The maximum Gasteiger partial charge on any atom is 0.000750 e. The van der Waals surface area contributed by atoms with E-state index in [9.17, 15) is 0 Å². The van der Waals surface area contributed by atoms with Gasteiger partial charge in [-0.2, -0.15) is 0 Å². The van der Waals surface area contributed by atoms with Crippen molar-refractivity contribution >= 4 is 24.0 Å². The van der Waals surface area contributed by atoms with Crippen LogP contribution < -0.4 is 0 Å². The number of hydrogen-bond donors (Lipinski definition) is 0. The fraction of sp³-hybridized carbons (Fsp3) is 1.00. The minimum atomic E-state index is 0. The second-order valence-corrected chi connectivity index (χ2v) is 5.67. The molecule has 0 spiro atoms. The Morgan fingerprint density at radius 2 is 1.53 bits per heavy atom. The van der Waals surface area contributed by atoms with Crippen molar-refractivity contribution in [3.05, 3.63) is 0 Å². The SMILES string of the molecule is CCCCCCCCCCN1CCC(C)C1.I. The van der Waals surface area contributed by atoms with Gasteiger partial charge in [0.1, 0.15) is 0 Å². The molecule has 0 aliphatic carbocycles. The van der Waals surface area contributed by atoms with Crippen LogP contribution in [0.3, 0.4) is 0 Å². The van der Waals surface area contributed by atoms with Gasteiger partial charge in [0.15, 0.2) is 0 Å². The Morgan fingerprint density at radius 1 is 0.941 bits per heavy atom. The largest absolute Gasteiger partial charge is 0.303 e. The van der Waals surface area contributed by atoms with E-state index in [1.54, 1.807) is 0 Å². The third-order valence-electron chi connectivity index (χ3n) is 3.84. The molecule has 0 aromatic heterocycles. The van der Waals surface area contributed by atoms with Gasteiger partial charge in [-0.3, -0.25) is 0 Å². The molecule has 0 bridgehead atoms. The lowest BCUT2D eigenvalue weighted by molar-refractivity contribution is 0.317. The van der Waals surface area contributed by atoms with E-state index in [4.69, 9.17) is 0 Å². The zero-order valence-electron chi connectivity index (χ0n) is 11.9. The summed E-state index contributed by atoms with van der Waals surface area (Å²) in [6.45, 7) is 8.75. The summed E-state index contributed by atoms with van der Waals surface area (Å²) >= 11 is 0. The van der Waals surface area contributed by atoms with Crippen LogP contribution in [0, 0.1) is 5.92 Å². The molecule has 2 heteroatoms. The summed E-state index contributed by atoms with van der Waals surface area (Å²) in [4.78, 5) is 2.65. The summed E-state index contributed by atoms with van der Waals surface area (Å²) in [5.41, 5.74) is 0. The number of likely N-dealkylation sites (tertiary alicyclic amines) is 1. The second-order valence-electron chi connectivity index (χ2n) is 5.67. The van der Waals surface area contributed by atoms with Gasteiger partial charge in [-0.15, -0.1) is 24.0 Å². The van der Waals surface area contributed by atoms with Crippen LogP contribution in [0.2, 0.25) is 0 Å². The standard InChI is InChI=1S/C15H31N.HI/c1-3-4-5-6-7-8-9-10-12-16-13-11-15(2)14-16;/h15H,3-14H2,1-2H3;1H. The molecule has 1 aliphatic rings.